The van der Waals surface area contributed by atoms with Gasteiger partial charge >= 0.3 is 0 Å². The molecule has 0 saturated heterocycles. The van der Waals surface area contributed by atoms with Gasteiger partial charge in [0, 0.05) is 6.54 Å². The van der Waals surface area contributed by atoms with E-state index in [1.54, 1.807) is 0 Å². The molecule has 27 heavy (non-hydrogen) atoms. The second-order valence-corrected chi connectivity index (χ2v) is 6.68. The minimum atomic E-state index is 0.158. The topological polar surface area (TPSA) is 12.0 Å². The summed E-state index contributed by atoms with van der Waals surface area (Å²) in [7, 11) is 0. The summed E-state index contributed by atoms with van der Waals surface area (Å²) >= 11 is 0. The van der Waals surface area contributed by atoms with Crippen molar-refractivity contribution in [2.75, 3.05) is 0 Å². The summed E-state index contributed by atoms with van der Waals surface area (Å²) in [6, 6.07) is 36.3. The molecule has 0 radical (unpaired) electrons. The van der Waals surface area contributed by atoms with Crippen molar-refractivity contribution in [1.29, 1.82) is 0 Å². The quantitative estimate of drug-likeness (QED) is 0.425. The van der Waals surface area contributed by atoms with Gasteiger partial charge in [-0.1, -0.05) is 115 Å². The van der Waals surface area contributed by atoms with E-state index in [-0.39, 0.29) is 6.04 Å². The Morgan fingerprint density at radius 1 is 0.667 bits per heavy atom. The van der Waals surface area contributed by atoms with E-state index in [4.69, 9.17) is 0 Å². The fourth-order valence-corrected chi connectivity index (χ4v) is 3.40. The molecule has 0 heterocycles. The number of hydrogen-bond donors (Lipinski definition) is 1. The van der Waals surface area contributed by atoms with Gasteiger partial charge in [0.25, 0.3) is 0 Å². The maximum atomic E-state index is 3.73. The van der Waals surface area contributed by atoms with Crippen LogP contribution in [0.5, 0.6) is 0 Å². The van der Waals surface area contributed by atoms with Crippen LogP contribution in [-0.2, 0) is 6.54 Å². The largest absolute Gasteiger partial charge is 0.303 e. The molecule has 0 aliphatic heterocycles. The highest BCUT2D eigenvalue weighted by Crippen LogP contribution is 2.21. The zero-order valence-electron chi connectivity index (χ0n) is 15.3. The highest BCUT2D eigenvalue weighted by Gasteiger charge is 2.08. The van der Waals surface area contributed by atoms with Crippen molar-refractivity contribution in [3.05, 3.63) is 126 Å². The normalized spacial score (nSPS) is 12.4. The lowest BCUT2D eigenvalue weighted by molar-refractivity contribution is 0.625. The Morgan fingerprint density at radius 2 is 1.33 bits per heavy atom. The maximum absolute atomic E-state index is 3.73. The zero-order valence-corrected chi connectivity index (χ0v) is 15.3. The maximum Gasteiger partial charge on any atom is 0.0512 e. The molecule has 0 amide bonds. The predicted octanol–water partition coefficient (Wildman–Crippen LogP) is 6.38. The number of rotatable bonds is 6. The van der Waals surface area contributed by atoms with Crippen LogP contribution in [0.1, 0.15) is 22.7 Å². The van der Waals surface area contributed by atoms with Crippen molar-refractivity contribution < 1.29 is 0 Å². The molecule has 0 bridgehead atoms. The van der Waals surface area contributed by atoms with E-state index in [1.165, 1.54) is 27.5 Å². The van der Waals surface area contributed by atoms with E-state index in [0.717, 1.165) is 6.54 Å². The third-order valence-corrected chi connectivity index (χ3v) is 4.83. The van der Waals surface area contributed by atoms with Crippen LogP contribution >= 0.6 is 0 Å². The van der Waals surface area contributed by atoms with Crippen LogP contribution in [0.25, 0.3) is 16.8 Å². The summed E-state index contributed by atoms with van der Waals surface area (Å²) in [6.45, 7) is 0.819. The molecule has 132 valence electrons. The number of hydrogen-bond acceptors (Lipinski definition) is 1. The average Bonchev–Trinajstić information content (AvgIpc) is 2.75. The highest BCUT2D eigenvalue weighted by molar-refractivity contribution is 5.85. The van der Waals surface area contributed by atoms with Gasteiger partial charge in [0.2, 0.25) is 0 Å². The first-order valence-corrected chi connectivity index (χ1v) is 9.38. The molecule has 1 atom stereocenters. The average molecular weight is 349 g/mol. The molecule has 0 aromatic heterocycles. The third-order valence-electron chi connectivity index (χ3n) is 4.83. The van der Waals surface area contributed by atoms with Crippen LogP contribution in [0.4, 0.5) is 0 Å². The first-order valence-electron chi connectivity index (χ1n) is 9.38. The van der Waals surface area contributed by atoms with Crippen molar-refractivity contribution in [3.8, 4) is 0 Å². The van der Waals surface area contributed by atoms with Crippen LogP contribution in [0.2, 0.25) is 0 Å². The summed E-state index contributed by atoms with van der Waals surface area (Å²) in [5, 5.41) is 6.32. The van der Waals surface area contributed by atoms with E-state index >= 15 is 0 Å². The molecule has 1 N–H and O–H groups in total. The summed E-state index contributed by atoms with van der Waals surface area (Å²) in [4.78, 5) is 0. The Hall–Kier alpha value is -3.16. The van der Waals surface area contributed by atoms with Gasteiger partial charge in [-0.05, 0) is 27.5 Å². The zero-order chi connectivity index (χ0) is 18.3. The van der Waals surface area contributed by atoms with Gasteiger partial charge in [0.15, 0.2) is 0 Å². The Labute approximate surface area is 161 Å². The summed E-state index contributed by atoms with van der Waals surface area (Å²) in [6.07, 6.45) is 4.43. The molecule has 4 rings (SSSR count). The van der Waals surface area contributed by atoms with Crippen LogP contribution in [0, 0.1) is 0 Å². The molecule has 0 spiro atoms. The first kappa shape index (κ1) is 17.3. The first-order chi connectivity index (χ1) is 13.4. The number of benzene rings is 4. The molecule has 0 aliphatic rings. The Bertz CT molecular complexity index is 1010. The van der Waals surface area contributed by atoms with Crippen molar-refractivity contribution in [3.63, 3.8) is 0 Å². The van der Waals surface area contributed by atoms with Crippen LogP contribution in [0.3, 0.4) is 0 Å². The fourth-order valence-electron chi connectivity index (χ4n) is 3.40. The van der Waals surface area contributed by atoms with E-state index in [9.17, 15) is 0 Å². The predicted molar refractivity (Wildman–Crippen MR) is 115 cm³/mol. The molecule has 4 aromatic carbocycles. The second-order valence-electron chi connectivity index (χ2n) is 6.68. The van der Waals surface area contributed by atoms with Crippen molar-refractivity contribution >= 4 is 16.8 Å². The van der Waals surface area contributed by atoms with E-state index < -0.39 is 0 Å². The summed E-state index contributed by atoms with van der Waals surface area (Å²) in [5.41, 5.74) is 3.80. The second kappa shape index (κ2) is 8.48. The van der Waals surface area contributed by atoms with Gasteiger partial charge in [-0.25, -0.2) is 0 Å². The van der Waals surface area contributed by atoms with E-state index in [2.05, 4.69) is 115 Å². The lowest BCUT2D eigenvalue weighted by atomic mass is 10.0. The molecular weight excluding hydrogens is 326 g/mol. The Kier molecular flexibility index (Phi) is 5.42. The minimum Gasteiger partial charge on any atom is -0.303 e. The van der Waals surface area contributed by atoms with Crippen molar-refractivity contribution in [1.82, 2.24) is 5.32 Å². The highest BCUT2D eigenvalue weighted by atomic mass is 14.9. The lowest BCUT2D eigenvalue weighted by Gasteiger charge is -2.17. The minimum absolute atomic E-state index is 0.158. The number of fused-ring (bicyclic) bond motifs is 1. The van der Waals surface area contributed by atoms with Gasteiger partial charge < -0.3 is 5.32 Å². The molecule has 0 aliphatic carbocycles. The van der Waals surface area contributed by atoms with Crippen LogP contribution in [0.15, 0.2) is 109 Å². The van der Waals surface area contributed by atoms with Crippen molar-refractivity contribution in [2.24, 2.45) is 0 Å². The SMILES string of the molecule is C(=C\C(NCc1cccc2ccccc12)c1ccccc1)/c1ccccc1. The lowest BCUT2D eigenvalue weighted by Crippen LogP contribution is -2.19. The summed E-state index contributed by atoms with van der Waals surface area (Å²) < 4.78 is 0. The van der Waals surface area contributed by atoms with Gasteiger partial charge in [0.05, 0.1) is 6.04 Å². The molecule has 1 heteroatoms. The van der Waals surface area contributed by atoms with E-state index in [0.29, 0.717) is 0 Å². The molecular formula is C26H23N. The molecule has 4 aromatic rings. The fraction of sp³-hybridized carbons (Fsp3) is 0.0769. The molecule has 1 nitrogen and oxygen atoms in total. The van der Waals surface area contributed by atoms with Crippen LogP contribution in [-0.4, -0.2) is 0 Å². The van der Waals surface area contributed by atoms with Crippen LogP contribution < -0.4 is 5.32 Å². The smallest absolute Gasteiger partial charge is 0.0512 e. The van der Waals surface area contributed by atoms with Crippen molar-refractivity contribution in [2.45, 2.75) is 12.6 Å². The number of nitrogens with one attached hydrogen (secondary N) is 1. The Balaban J connectivity index is 1.58. The monoisotopic (exact) mass is 349 g/mol. The van der Waals surface area contributed by atoms with Gasteiger partial charge in [0.1, 0.15) is 0 Å². The van der Waals surface area contributed by atoms with Gasteiger partial charge in [-0.2, -0.15) is 0 Å². The molecule has 0 fully saturated rings. The van der Waals surface area contributed by atoms with E-state index in [1.807, 2.05) is 6.07 Å². The molecule has 1 unspecified atom stereocenters. The third kappa shape index (κ3) is 4.33. The Morgan fingerprint density at radius 3 is 2.15 bits per heavy atom. The standard InChI is InChI=1S/C26H23N/c1-3-10-21(11-4-1)18-19-26(23-13-5-2-6-14-23)27-20-24-16-9-15-22-12-7-8-17-25(22)24/h1-19,26-27H,20H2/b19-18+. The van der Waals surface area contributed by atoms with Gasteiger partial charge in [-0.15, -0.1) is 0 Å². The summed E-state index contributed by atoms with van der Waals surface area (Å²) in [5.74, 6) is 0. The van der Waals surface area contributed by atoms with Gasteiger partial charge in [-0.3, -0.25) is 0 Å². The molecule has 0 saturated carbocycles.